The lowest BCUT2D eigenvalue weighted by Gasteiger charge is -2.13. The van der Waals surface area contributed by atoms with Crippen LogP contribution in [0.15, 0.2) is 53.4 Å². The van der Waals surface area contributed by atoms with Crippen molar-refractivity contribution >= 4 is 27.7 Å². The summed E-state index contributed by atoms with van der Waals surface area (Å²) in [4.78, 5) is 37.6. The molecule has 3 amide bonds. The number of nitrogens with two attached hydrogens (primary N) is 1. The maximum Gasteiger partial charge on any atom is 0.261 e. The molecule has 3 N–H and O–H groups in total. The van der Waals surface area contributed by atoms with Gasteiger partial charge in [-0.05, 0) is 36.2 Å². The predicted octanol–water partition coefficient (Wildman–Crippen LogP) is 1.03. The molecule has 2 aromatic carbocycles. The molecule has 0 aliphatic carbocycles. The molecule has 8 nitrogen and oxygen atoms in total. The van der Waals surface area contributed by atoms with E-state index in [0.717, 1.165) is 10.5 Å². The maximum atomic E-state index is 12.2. The molecule has 28 heavy (non-hydrogen) atoms. The van der Waals surface area contributed by atoms with E-state index in [9.17, 15) is 22.8 Å². The number of primary sulfonamides is 1. The first-order chi connectivity index (χ1) is 13.3. The van der Waals surface area contributed by atoms with Gasteiger partial charge in [0.2, 0.25) is 15.9 Å². The predicted molar refractivity (Wildman–Crippen MR) is 101 cm³/mol. The molecule has 0 fully saturated rings. The minimum atomic E-state index is -3.75. The monoisotopic (exact) mass is 401 g/mol. The quantitative estimate of drug-likeness (QED) is 0.670. The SMILES string of the molecule is NS(=O)(=O)c1ccc(CNC(=O)CCCN2C(=O)c3ccccc3C2=O)cc1. The van der Waals surface area contributed by atoms with Gasteiger partial charge in [0.05, 0.1) is 16.0 Å². The molecule has 0 aromatic heterocycles. The normalized spacial score (nSPS) is 13.5. The fourth-order valence-electron chi connectivity index (χ4n) is 2.93. The second-order valence-corrected chi connectivity index (χ2v) is 7.94. The molecule has 0 radical (unpaired) electrons. The average Bonchev–Trinajstić information content (AvgIpc) is 2.91. The minimum absolute atomic E-state index is 0.00326. The van der Waals surface area contributed by atoms with Crippen molar-refractivity contribution in [3.05, 3.63) is 65.2 Å². The number of fused-ring (bicyclic) bond motifs is 1. The lowest BCUT2D eigenvalue weighted by Crippen LogP contribution is -2.32. The van der Waals surface area contributed by atoms with Crippen molar-refractivity contribution in [3.8, 4) is 0 Å². The average molecular weight is 401 g/mol. The third kappa shape index (κ3) is 4.26. The van der Waals surface area contributed by atoms with E-state index in [-0.39, 0.29) is 42.1 Å². The van der Waals surface area contributed by atoms with E-state index in [0.29, 0.717) is 17.5 Å². The lowest BCUT2D eigenvalue weighted by molar-refractivity contribution is -0.121. The van der Waals surface area contributed by atoms with Gasteiger partial charge in [-0.15, -0.1) is 0 Å². The van der Waals surface area contributed by atoms with Gasteiger partial charge >= 0.3 is 0 Å². The van der Waals surface area contributed by atoms with Crippen LogP contribution in [-0.4, -0.2) is 37.6 Å². The molecule has 0 bridgehead atoms. The lowest BCUT2D eigenvalue weighted by atomic mass is 10.1. The van der Waals surface area contributed by atoms with Gasteiger partial charge in [0, 0.05) is 19.5 Å². The zero-order valence-electron chi connectivity index (χ0n) is 14.9. The van der Waals surface area contributed by atoms with Crippen LogP contribution in [0.4, 0.5) is 0 Å². The molecule has 3 rings (SSSR count). The third-order valence-electron chi connectivity index (χ3n) is 4.41. The number of benzene rings is 2. The number of carbonyl (C=O) groups is 3. The first kappa shape index (κ1) is 19.7. The number of hydrogen-bond donors (Lipinski definition) is 2. The van der Waals surface area contributed by atoms with E-state index in [2.05, 4.69) is 5.32 Å². The van der Waals surface area contributed by atoms with Crippen LogP contribution in [0.1, 0.15) is 39.1 Å². The molecule has 146 valence electrons. The van der Waals surface area contributed by atoms with Gasteiger partial charge in [0.25, 0.3) is 11.8 Å². The number of carbonyl (C=O) groups excluding carboxylic acids is 3. The minimum Gasteiger partial charge on any atom is -0.352 e. The summed E-state index contributed by atoms with van der Waals surface area (Å²) in [6, 6.07) is 12.5. The summed E-state index contributed by atoms with van der Waals surface area (Å²) in [6.45, 7) is 0.402. The van der Waals surface area contributed by atoms with E-state index in [4.69, 9.17) is 5.14 Å². The van der Waals surface area contributed by atoms with E-state index in [1.165, 1.54) is 12.1 Å². The van der Waals surface area contributed by atoms with Gasteiger partial charge in [-0.2, -0.15) is 0 Å². The summed E-state index contributed by atoms with van der Waals surface area (Å²) in [7, 11) is -3.75. The Morgan fingerprint density at radius 1 is 0.964 bits per heavy atom. The molecule has 0 saturated heterocycles. The van der Waals surface area contributed by atoms with Crippen molar-refractivity contribution in [1.29, 1.82) is 0 Å². The summed E-state index contributed by atoms with van der Waals surface area (Å²) >= 11 is 0. The number of hydrogen-bond acceptors (Lipinski definition) is 5. The van der Waals surface area contributed by atoms with Crippen molar-refractivity contribution in [3.63, 3.8) is 0 Å². The van der Waals surface area contributed by atoms with Crippen molar-refractivity contribution in [2.24, 2.45) is 5.14 Å². The molecule has 2 aromatic rings. The number of rotatable bonds is 7. The Morgan fingerprint density at radius 3 is 2.07 bits per heavy atom. The number of nitrogens with one attached hydrogen (secondary N) is 1. The van der Waals surface area contributed by atoms with Crippen molar-refractivity contribution in [1.82, 2.24) is 10.2 Å². The first-order valence-electron chi connectivity index (χ1n) is 8.61. The molecule has 9 heteroatoms. The van der Waals surface area contributed by atoms with Crippen LogP contribution in [-0.2, 0) is 21.4 Å². The summed E-state index contributed by atoms with van der Waals surface area (Å²) in [5.41, 5.74) is 1.50. The highest BCUT2D eigenvalue weighted by atomic mass is 32.2. The zero-order chi connectivity index (χ0) is 20.3. The molecule has 1 aliphatic rings. The molecule has 0 unspecified atom stereocenters. The van der Waals surface area contributed by atoms with Crippen molar-refractivity contribution < 1.29 is 22.8 Å². The highest BCUT2D eigenvalue weighted by Gasteiger charge is 2.34. The summed E-state index contributed by atoms with van der Waals surface area (Å²) in [5.74, 6) is -0.904. The largest absolute Gasteiger partial charge is 0.352 e. The van der Waals surface area contributed by atoms with Crippen LogP contribution in [0.3, 0.4) is 0 Å². The van der Waals surface area contributed by atoms with Crippen LogP contribution in [0, 0.1) is 0 Å². The van der Waals surface area contributed by atoms with Crippen molar-refractivity contribution in [2.75, 3.05) is 6.54 Å². The molecule has 0 atom stereocenters. The van der Waals surface area contributed by atoms with Crippen LogP contribution < -0.4 is 10.5 Å². The van der Waals surface area contributed by atoms with Gasteiger partial charge in [-0.25, -0.2) is 13.6 Å². The van der Waals surface area contributed by atoms with Crippen LogP contribution in [0.25, 0.3) is 0 Å². The molecule has 1 heterocycles. The Kier molecular flexibility index (Phi) is 5.57. The van der Waals surface area contributed by atoms with Crippen LogP contribution in [0.5, 0.6) is 0 Å². The Hall–Kier alpha value is -3.04. The Balaban J connectivity index is 1.45. The smallest absolute Gasteiger partial charge is 0.261 e. The molecular weight excluding hydrogens is 382 g/mol. The molecular formula is C19H19N3O5S. The number of imide groups is 1. The first-order valence-corrected chi connectivity index (χ1v) is 10.2. The number of amides is 3. The summed E-state index contributed by atoms with van der Waals surface area (Å²) < 4.78 is 22.4. The Labute approximate surface area is 162 Å². The standard InChI is InChI=1S/C19H19N3O5S/c20-28(26,27)14-9-7-13(8-10-14)12-21-17(23)6-3-11-22-18(24)15-4-1-2-5-16(15)19(22)25/h1-2,4-5,7-10H,3,6,11-12H2,(H,21,23)(H2,20,26,27). The Bertz CT molecular complexity index is 997. The fourth-order valence-corrected chi connectivity index (χ4v) is 3.44. The van der Waals surface area contributed by atoms with Gasteiger partial charge in [-0.3, -0.25) is 19.3 Å². The van der Waals surface area contributed by atoms with Gasteiger partial charge in [0.1, 0.15) is 0 Å². The second-order valence-electron chi connectivity index (χ2n) is 6.38. The molecule has 0 saturated carbocycles. The number of sulfonamides is 1. The topological polar surface area (TPSA) is 127 Å². The van der Waals surface area contributed by atoms with Gasteiger partial charge in [-0.1, -0.05) is 24.3 Å². The van der Waals surface area contributed by atoms with E-state index >= 15 is 0 Å². The zero-order valence-corrected chi connectivity index (χ0v) is 15.7. The van der Waals surface area contributed by atoms with E-state index < -0.39 is 10.0 Å². The second kappa shape index (κ2) is 7.91. The van der Waals surface area contributed by atoms with E-state index in [1.54, 1.807) is 36.4 Å². The number of nitrogens with zero attached hydrogens (tertiary/aromatic N) is 1. The molecule has 0 spiro atoms. The Morgan fingerprint density at radius 2 is 1.54 bits per heavy atom. The van der Waals surface area contributed by atoms with Crippen LogP contribution >= 0.6 is 0 Å². The highest BCUT2D eigenvalue weighted by molar-refractivity contribution is 7.89. The van der Waals surface area contributed by atoms with Crippen molar-refractivity contribution in [2.45, 2.75) is 24.3 Å². The highest BCUT2D eigenvalue weighted by Crippen LogP contribution is 2.22. The maximum absolute atomic E-state index is 12.2. The van der Waals surface area contributed by atoms with Crippen LogP contribution in [0.2, 0.25) is 0 Å². The third-order valence-corrected chi connectivity index (χ3v) is 5.33. The summed E-state index contributed by atoms with van der Waals surface area (Å²) in [5, 5.41) is 7.75. The summed E-state index contributed by atoms with van der Waals surface area (Å²) in [6.07, 6.45) is 0.504. The molecule has 1 aliphatic heterocycles. The van der Waals surface area contributed by atoms with Gasteiger partial charge in [0.15, 0.2) is 0 Å². The fraction of sp³-hybridized carbons (Fsp3) is 0.211. The van der Waals surface area contributed by atoms with Gasteiger partial charge < -0.3 is 5.32 Å². The van der Waals surface area contributed by atoms with E-state index in [1.807, 2.05) is 0 Å².